The summed E-state index contributed by atoms with van der Waals surface area (Å²) in [7, 11) is 0. The smallest absolute Gasteiger partial charge is 0.257 e. The van der Waals surface area contributed by atoms with Crippen molar-refractivity contribution in [2.45, 2.75) is 13.8 Å². The number of rotatable bonds is 3. The van der Waals surface area contributed by atoms with Crippen molar-refractivity contribution in [3.8, 4) is 0 Å². The maximum absolute atomic E-state index is 11.9. The Morgan fingerprint density at radius 3 is 2.68 bits per heavy atom. The largest absolute Gasteiger partial charge is 0.325 e. The molecule has 19 heavy (non-hydrogen) atoms. The second kappa shape index (κ2) is 6.25. The van der Waals surface area contributed by atoms with E-state index in [0.717, 1.165) is 16.8 Å². The maximum atomic E-state index is 11.9. The number of aliphatic imine (C=N–C) groups is 1. The predicted molar refractivity (Wildman–Crippen MR) is 81.9 cm³/mol. The van der Waals surface area contributed by atoms with Gasteiger partial charge in [0.05, 0.1) is 11.5 Å². The van der Waals surface area contributed by atoms with E-state index in [4.69, 9.17) is 0 Å². The van der Waals surface area contributed by atoms with Crippen molar-refractivity contribution in [2.75, 3.05) is 16.8 Å². The summed E-state index contributed by atoms with van der Waals surface area (Å²) >= 11 is 2.70. The van der Waals surface area contributed by atoms with Crippen molar-refractivity contribution < 1.29 is 9.59 Å². The standard InChI is InChI=1S/C13H14N2O2S2/c1-8-4-3-5-9(2)12(8)14-10(16)6-18-13-15-11(17)7-19-13/h3-5H,6-7H2,1-2H3,(H,14,16). The van der Waals surface area contributed by atoms with E-state index in [1.54, 1.807) is 0 Å². The first-order valence-corrected chi connectivity index (χ1v) is 7.76. The van der Waals surface area contributed by atoms with Crippen LogP contribution in [0.4, 0.5) is 5.69 Å². The van der Waals surface area contributed by atoms with Crippen molar-refractivity contribution in [3.05, 3.63) is 29.3 Å². The molecule has 2 amide bonds. The Labute approximate surface area is 120 Å². The lowest BCUT2D eigenvalue weighted by molar-refractivity contribution is -0.115. The van der Waals surface area contributed by atoms with Gasteiger partial charge in [0.2, 0.25) is 5.91 Å². The van der Waals surface area contributed by atoms with Gasteiger partial charge in [-0.25, -0.2) is 0 Å². The molecule has 1 aliphatic heterocycles. The molecule has 1 N–H and O–H groups in total. The van der Waals surface area contributed by atoms with E-state index in [9.17, 15) is 9.59 Å². The van der Waals surface area contributed by atoms with Crippen LogP contribution < -0.4 is 5.32 Å². The molecule has 0 radical (unpaired) electrons. The Balaban J connectivity index is 1.91. The van der Waals surface area contributed by atoms with Gasteiger partial charge in [-0.1, -0.05) is 41.7 Å². The average Bonchev–Trinajstić information content (AvgIpc) is 2.77. The van der Waals surface area contributed by atoms with Crippen LogP contribution in [-0.2, 0) is 9.59 Å². The van der Waals surface area contributed by atoms with Crippen LogP contribution in [0.25, 0.3) is 0 Å². The van der Waals surface area contributed by atoms with E-state index in [1.807, 2.05) is 32.0 Å². The van der Waals surface area contributed by atoms with Gasteiger partial charge in [-0.15, -0.1) is 0 Å². The molecule has 0 saturated carbocycles. The summed E-state index contributed by atoms with van der Waals surface area (Å²) in [6.07, 6.45) is 0. The first-order chi connectivity index (χ1) is 9.06. The highest BCUT2D eigenvalue weighted by Crippen LogP contribution is 2.24. The first-order valence-electron chi connectivity index (χ1n) is 5.79. The number of hydrogen-bond donors (Lipinski definition) is 1. The fraction of sp³-hybridized carbons (Fsp3) is 0.308. The zero-order chi connectivity index (χ0) is 13.8. The minimum absolute atomic E-state index is 0.0787. The summed E-state index contributed by atoms with van der Waals surface area (Å²) < 4.78 is 0.682. The fourth-order valence-electron chi connectivity index (χ4n) is 1.68. The van der Waals surface area contributed by atoms with Crippen LogP contribution in [0.5, 0.6) is 0 Å². The zero-order valence-electron chi connectivity index (χ0n) is 10.7. The van der Waals surface area contributed by atoms with Gasteiger partial charge < -0.3 is 5.32 Å². The van der Waals surface area contributed by atoms with Gasteiger partial charge >= 0.3 is 0 Å². The third kappa shape index (κ3) is 3.84. The topological polar surface area (TPSA) is 58.5 Å². The predicted octanol–water partition coefficient (Wildman–Crippen LogP) is 2.60. The van der Waals surface area contributed by atoms with Crippen LogP contribution >= 0.6 is 23.5 Å². The SMILES string of the molecule is Cc1cccc(C)c1NC(=O)CSC1=NC(=O)CS1. The Hall–Kier alpha value is -1.27. The highest BCUT2D eigenvalue weighted by molar-refractivity contribution is 8.39. The number of anilines is 1. The van der Waals surface area contributed by atoms with Gasteiger partial charge in [-0.05, 0) is 25.0 Å². The molecule has 6 heteroatoms. The van der Waals surface area contributed by atoms with Crippen molar-refractivity contribution in [3.63, 3.8) is 0 Å². The first kappa shape index (κ1) is 14.1. The van der Waals surface area contributed by atoms with Gasteiger partial charge in [-0.2, -0.15) is 4.99 Å². The summed E-state index contributed by atoms with van der Waals surface area (Å²) in [4.78, 5) is 26.7. The highest BCUT2D eigenvalue weighted by Gasteiger charge is 2.16. The lowest BCUT2D eigenvalue weighted by Gasteiger charge is -2.10. The van der Waals surface area contributed by atoms with Gasteiger partial charge in [0.25, 0.3) is 5.91 Å². The van der Waals surface area contributed by atoms with Gasteiger partial charge in [0, 0.05) is 5.69 Å². The maximum Gasteiger partial charge on any atom is 0.257 e. The van der Waals surface area contributed by atoms with E-state index < -0.39 is 0 Å². The van der Waals surface area contributed by atoms with Crippen molar-refractivity contribution in [1.82, 2.24) is 0 Å². The number of nitrogens with one attached hydrogen (secondary N) is 1. The molecule has 100 valence electrons. The number of para-hydroxylation sites is 1. The molecule has 0 saturated heterocycles. The molecule has 0 spiro atoms. The van der Waals surface area contributed by atoms with Crippen LogP contribution in [-0.4, -0.2) is 27.7 Å². The minimum Gasteiger partial charge on any atom is -0.325 e. The van der Waals surface area contributed by atoms with Gasteiger partial charge in [-0.3, -0.25) is 9.59 Å². The number of aryl methyl sites for hydroxylation is 2. The van der Waals surface area contributed by atoms with Crippen molar-refractivity contribution in [1.29, 1.82) is 0 Å². The molecule has 0 aliphatic carbocycles. The normalized spacial score (nSPS) is 14.4. The Morgan fingerprint density at radius 2 is 2.11 bits per heavy atom. The van der Waals surface area contributed by atoms with Crippen LogP contribution in [0, 0.1) is 13.8 Å². The third-order valence-corrected chi connectivity index (χ3v) is 4.79. The number of thioether (sulfide) groups is 2. The quantitative estimate of drug-likeness (QED) is 0.931. The van der Waals surface area contributed by atoms with E-state index in [-0.39, 0.29) is 17.6 Å². The molecule has 0 atom stereocenters. The number of carbonyl (C=O) groups is 2. The number of nitrogens with zero attached hydrogens (tertiary/aromatic N) is 1. The summed E-state index contributed by atoms with van der Waals surface area (Å²) in [5, 5.41) is 2.90. The Morgan fingerprint density at radius 1 is 1.42 bits per heavy atom. The minimum atomic E-state index is -0.123. The highest BCUT2D eigenvalue weighted by atomic mass is 32.2. The summed E-state index contributed by atoms with van der Waals surface area (Å²) in [5.74, 6) is 0.459. The van der Waals surface area contributed by atoms with Crippen LogP contribution in [0.1, 0.15) is 11.1 Å². The molecule has 0 unspecified atom stereocenters. The summed E-state index contributed by atoms with van der Waals surface area (Å²) in [6, 6.07) is 5.89. The van der Waals surface area contributed by atoms with Crippen LogP contribution in [0.15, 0.2) is 23.2 Å². The van der Waals surface area contributed by atoms with Gasteiger partial charge in [0.1, 0.15) is 4.38 Å². The zero-order valence-corrected chi connectivity index (χ0v) is 12.4. The van der Waals surface area contributed by atoms with E-state index in [1.165, 1.54) is 23.5 Å². The van der Waals surface area contributed by atoms with Crippen molar-refractivity contribution >= 4 is 45.4 Å². The second-order valence-electron chi connectivity index (χ2n) is 4.16. The molecule has 1 heterocycles. The molecule has 0 bridgehead atoms. The summed E-state index contributed by atoms with van der Waals surface area (Å²) in [5.41, 5.74) is 2.95. The number of carbonyl (C=O) groups excluding carboxylic acids is 2. The lowest BCUT2D eigenvalue weighted by atomic mass is 10.1. The molecule has 2 rings (SSSR count). The van der Waals surface area contributed by atoms with Crippen molar-refractivity contribution in [2.24, 2.45) is 4.99 Å². The fourth-order valence-corrected chi connectivity index (χ4v) is 3.34. The Bertz CT molecular complexity index is 535. The number of hydrogen-bond acceptors (Lipinski definition) is 4. The monoisotopic (exact) mass is 294 g/mol. The van der Waals surface area contributed by atoms with E-state index >= 15 is 0 Å². The van der Waals surface area contributed by atoms with Crippen LogP contribution in [0.2, 0.25) is 0 Å². The molecule has 0 fully saturated rings. The van der Waals surface area contributed by atoms with Crippen LogP contribution in [0.3, 0.4) is 0 Å². The summed E-state index contributed by atoms with van der Waals surface area (Å²) in [6.45, 7) is 3.93. The second-order valence-corrected chi connectivity index (χ2v) is 6.35. The average molecular weight is 294 g/mol. The number of amides is 2. The van der Waals surface area contributed by atoms with Gasteiger partial charge in [0.15, 0.2) is 0 Å². The Kier molecular flexibility index (Phi) is 4.66. The molecule has 1 aromatic carbocycles. The molecule has 0 aromatic heterocycles. The number of benzene rings is 1. The molecule has 1 aromatic rings. The lowest BCUT2D eigenvalue weighted by Crippen LogP contribution is -2.16. The molecule has 4 nitrogen and oxygen atoms in total. The molecule has 1 aliphatic rings. The molecular weight excluding hydrogens is 280 g/mol. The molecular formula is C13H14N2O2S2. The third-order valence-electron chi connectivity index (χ3n) is 2.61. The van der Waals surface area contributed by atoms with E-state index in [0.29, 0.717) is 10.1 Å². The van der Waals surface area contributed by atoms with E-state index in [2.05, 4.69) is 10.3 Å².